The molecular formula is C20H14ClNO4. The number of para-hydroxylation sites is 1. The normalized spacial score (nSPS) is 12.7. The van der Waals surface area contributed by atoms with E-state index in [1.165, 1.54) is 6.08 Å². The van der Waals surface area contributed by atoms with Crippen molar-refractivity contribution in [3.8, 4) is 11.5 Å². The minimum absolute atomic E-state index is 0.0565. The molecule has 6 heteroatoms. The van der Waals surface area contributed by atoms with Gasteiger partial charge in [-0.25, -0.2) is 9.78 Å². The maximum absolute atomic E-state index is 12.0. The number of halogens is 1. The van der Waals surface area contributed by atoms with Gasteiger partial charge in [0.2, 0.25) is 6.79 Å². The predicted molar refractivity (Wildman–Crippen MR) is 98.1 cm³/mol. The number of carbonyl (C=O) groups excluding carboxylic acids is 1. The number of carbonyl (C=O) groups is 1. The fraction of sp³-hybridized carbons (Fsp3) is 0.100. The van der Waals surface area contributed by atoms with Gasteiger partial charge in [-0.05, 0) is 35.9 Å². The lowest BCUT2D eigenvalue weighted by atomic mass is 10.2. The van der Waals surface area contributed by atoms with Crippen molar-refractivity contribution >= 4 is 34.5 Å². The Bertz CT molecular complexity index is 1020. The number of fused-ring (bicyclic) bond motifs is 2. The molecule has 2 aromatic carbocycles. The molecule has 1 aliphatic heterocycles. The molecule has 5 nitrogen and oxygen atoms in total. The summed E-state index contributed by atoms with van der Waals surface area (Å²) in [5.74, 6) is 0.893. The van der Waals surface area contributed by atoms with E-state index in [2.05, 4.69) is 4.98 Å². The van der Waals surface area contributed by atoms with Gasteiger partial charge < -0.3 is 14.2 Å². The number of rotatable bonds is 4. The quantitative estimate of drug-likeness (QED) is 0.389. The van der Waals surface area contributed by atoms with E-state index < -0.39 is 5.97 Å². The summed E-state index contributed by atoms with van der Waals surface area (Å²) >= 11 is 6.17. The van der Waals surface area contributed by atoms with Gasteiger partial charge in [0.1, 0.15) is 11.8 Å². The summed E-state index contributed by atoms with van der Waals surface area (Å²) in [6.07, 6.45) is 3.02. The van der Waals surface area contributed by atoms with Gasteiger partial charge in [-0.2, -0.15) is 0 Å². The van der Waals surface area contributed by atoms with Crippen LogP contribution in [0.4, 0.5) is 0 Å². The molecule has 0 saturated carbocycles. The minimum atomic E-state index is -0.466. The van der Waals surface area contributed by atoms with E-state index in [9.17, 15) is 4.79 Å². The lowest BCUT2D eigenvalue weighted by Gasteiger charge is -2.06. The molecule has 4 rings (SSSR count). The van der Waals surface area contributed by atoms with Crippen LogP contribution in [0.15, 0.2) is 54.6 Å². The highest BCUT2D eigenvalue weighted by molar-refractivity contribution is 6.30. The van der Waals surface area contributed by atoms with Crippen molar-refractivity contribution in [1.82, 2.24) is 4.98 Å². The van der Waals surface area contributed by atoms with Gasteiger partial charge in [0.25, 0.3) is 0 Å². The molecular weight excluding hydrogens is 354 g/mol. The molecule has 0 aliphatic carbocycles. The van der Waals surface area contributed by atoms with E-state index in [1.54, 1.807) is 18.2 Å². The molecule has 0 unspecified atom stereocenters. The Morgan fingerprint density at radius 3 is 2.92 bits per heavy atom. The van der Waals surface area contributed by atoms with Gasteiger partial charge in [0, 0.05) is 17.0 Å². The topological polar surface area (TPSA) is 57.7 Å². The van der Waals surface area contributed by atoms with Gasteiger partial charge in [-0.1, -0.05) is 35.9 Å². The number of esters is 1. The molecule has 26 heavy (non-hydrogen) atoms. The number of nitrogens with zero attached hydrogens (tertiary/aromatic N) is 1. The van der Waals surface area contributed by atoms with Crippen molar-refractivity contribution in [2.45, 2.75) is 6.61 Å². The van der Waals surface area contributed by atoms with E-state index >= 15 is 0 Å². The zero-order valence-corrected chi connectivity index (χ0v) is 14.4. The van der Waals surface area contributed by atoms with E-state index in [1.807, 2.05) is 36.4 Å². The highest BCUT2D eigenvalue weighted by atomic mass is 35.5. The summed E-state index contributed by atoms with van der Waals surface area (Å²) in [6, 6.07) is 14.9. The summed E-state index contributed by atoms with van der Waals surface area (Å²) in [5, 5.41) is 1.27. The van der Waals surface area contributed by atoms with Crippen LogP contribution in [0.2, 0.25) is 5.15 Å². The second kappa shape index (κ2) is 7.06. The zero-order chi connectivity index (χ0) is 17.9. The Morgan fingerprint density at radius 2 is 2.00 bits per heavy atom. The largest absolute Gasteiger partial charge is 0.458 e. The van der Waals surface area contributed by atoms with Crippen molar-refractivity contribution < 1.29 is 19.0 Å². The lowest BCUT2D eigenvalue weighted by Crippen LogP contribution is -2.02. The van der Waals surface area contributed by atoms with Crippen molar-refractivity contribution in [3.05, 3.63) is 70.9 Å². The first kappa shape index (κ1) is 16.4. The van der Waals surface area contributed by atoms with Gasteiger partial charge in [-0.3, -0.25) is 0 Å². The number of pyridine rings is 1. The number of hydrogen-bond acceptors (Lipinski definition) is 5. The summed E-state index contributed by atoms with van der Waals surface area (Å²) in [4.78, 5) is 16.3. The van der Waals surface area contributed by atoms with Gasteiger partial charge in [0.05, 0.1) is 5.52 Å². The zero-order valence-electron chi connectivity index (χ0n) is 13.6. The summed E-state index contributed by atoms with van der Waals surface area (Å²) < 4.78 is 15.8. The van der Waals surface area contributed by atoms with Gasteiger partial charge >= 0.3 is 5.97 Å². The molecule has 0 bridgehead atoms. The Kier molecular flexibility index (Phi) is 4.46. The number of aromatic nitrogens is 1. The molecule has 0 N–H and O–H groups in total. The Labute approximate surface area is 154 Å². The first-order valence-electron chi connectivity index (χ1n) is 7.98. The van der Waals surface area contributed by atoms with Crippen LogP contribution < -0.4 is 9.47 Å². The molecule has 130 valence electrons. The monoisotopic (exact) mass is 367 g/mol. The van der Waals surface area contributed by atoms with Gasteiger partial charge in [0.15, 0.2) is 11.5 Å². The summed E-state index contributed by atoms with van der Waals surface area (Å²) in [6.45, 7) is 0.270. The molecule has 2 heterocycles. The first-order valence-corrected chi connectivity index (χ1v) is 8.35. The molecule has 3 aromatic rings. The van der Waals surface area contributed by atoms with E-state index in [0.29, 0.717) is 22.2 Å². The predicted octanol–water partition coefficient (Wildman–Crippen LogP) is 4.37. The molecule has 0 atom stereocenters. The minimum Gasteiger partial charge on any atom is -0.458 e. The average Bonchev–Trinajstić information content (AvgIpc) is 3.12. The standard InChI is InChI=1S/C20H14ClNO4/c21-20-15(10-14-3-1-2-4-16(14)22-20)11-24-19(23)8-6-13-5-7-17-18(9-13)26-12-25-17/h1-10H,11-12H2/b8-6+. The first-order chi connectivity index (χ1) is 12.7. The number of benzene rings is 2. The molecule has 0 radical (unpaired) electrons. The third-order valence-corrected chi connectivity index (χ3v) is 4.26. The maximum Gasteiger partial charge on any atom is 0.331 e. The molecule has 1 aromatic heterocycles. The van der Waals surface area contributed by atoms with Crippen LogP contribution in [0.5, 0.6) is 11.5 Å². The fourth-order valence-corrected chi connectivity index (χ4v) is 2.82. The van der Waals surface area contributed by atoms with Crippen molar-refractivity contribution in [2.75, 3.05) is 6.79 Å². The summed E-state index contributed by atoms with van der Waals surface area (Å²) in [7, 11) is 0. The average molecular weight is 368 g/mol. The Morgan fingerprint density at radius 1 is 1.15 bits per heavy atom. The smallest absolute Gasteiger partial charge is 0.331 e. The molecule has 0 amide bonds. The van der Waals surface area contributed by atoms with E-state index in [-0.39, 0.29) is 13.4 Å². The van der Waals surface area contributed by atoms with E-state index in [0.717, 1.165) is 16.5 Å². The third kappa shape index (κ3) is 3.48. The van der Waals surface area contributed by atoms with Crippen LogP contribution in [0, 0.1) is 0 Å². The third-order valence-electron chi connectivity index (χ3n) is 3.93. The Hall–Kier alpha value is -3.05. The van der Waals surface area contributed by atoms with Crippen molar-refractivity contribution in [2.24, 2.45) is 0 Å². The highest BCUT2D eigenvalue weighted by Crippen LogP contribution is 2.32. The van der Waals surface area contributed by atoms with Gasteiger partial charge in [-0.15, -0.1) is 0 Å². The highest BCUT2D eigenvalue weighted by Gasteiger charge is 2.12. The SMILES string of the molecule is O=C(/C=C/c1ccc2c(c1)OCO2)OCc1cc2ccccc2nc1Cl. The van der Waals surface area contributed by atoms with Crippen LogP contribution in [-0.2, 0) is 16.1 Å². The number of hydrogen-bond donors (Lipinski definition) is 0. The molecule has 0 saturated heterocycles. The van der Waals surface area contributed by atoms with Crippen LogP contribution >= 0.6 is 11.6 Å². The van der Waals surface area contributed by atoms with E-state index in [4.69, 9.17) is 25.8 Å². The van der Waals surface area contributed by atoms with Crippen LogP contribution in [-0.4, -0.2) is 17.7 Å². The summed E-state index contributed by atoms with van der Waals surface area (Å²) in [5.41, 5.74) is 2.28. The second-order valence-electron chi connectivity index (χ2n) is 5.68. The second-order valence-corrected chi connectivity index (χ2v) is 6.04. The molecule has 1 aliphatic rings. The molecule has 0 spiro atoms. The van der Waals surface area contributed by atoms with Crippen LogP contribution in [0.3, 0.4) is 0 Å². The fourth-order valence-electron chi connectivity index (χ4n) is 2.62. The van der Waals surface area contributed by atoms with Crippen molar-refractivity contribution in [1.29, 1.82) is 0 Å². The molecule has 0 fully saturated rings. The van der Waals surface area contributed by atoms with Crippen LogP contribution in [0.25, 0.3) is 17.0 Å². The van der Waals surface area contributed by atoms with Crippen LogP contribution in [0.1, 0.15) is 11.1 Å². The lowest BCUT2D eigenvalue weighted by molar-refractivity contribution is -0.138. The Balaban J connectivity index is 1.41. The number of ether oxygens (including phenoxy) is 3. The van der Waals surface area contributed by atoms with Crippen molar-refractivity contribution in [3.63, 3.8) is 0 Å². The maximum atomic E-state index is 12.0.